The molecule has 0 saturated carbocycles. The number of hydrogen-bond acceptors (Lipinski definition) is 3. The second-order valence-electron chi connectivity index (χ2n) is 2.24. The Hall–Kier alpha value is -0.370. The van der Waals surface area contributed by atoms with Crippen molar-refractivity contribution in [3.63, 3.8) is 0 Å². The van der Waals surface area contributed by atoms with Crippen LogP contribution in [0.15, 0.2) is 18.3 Å². The molecule has 0 aromatic carbocycles. The maximum Gasteiger partial charge on any atom is 0.229 e. The summed E-state index contributed by atoms with van der Waals surface area (Å²) >= 11 is 2.05. The van der Waals surface area contributed by atoms with Gasteiger partial charge >= 0.3 is 0 Å². The van der Waals surface area contributed by atoms with Gasteiger partial charge in [-0.05, 0) is 34.7 Å². The Bertz CT molecular complexity index is 360. The van der Waals surface area contributed by atoms with Crippen molar-refractivity contribution in [2.75, 3.05) is 11.0 Å². The van der Waals surface area contributed by atoms with Crippen molar-refractivity contribution < 1.29 is 8.42 Å². The average Bonchev–Trinajstić information content (AvgIpc) is 1.91. The number of pyridine rings is 1. The monoisotopic (exact) mass is 298 g/mol. The van der Waals surface area contributed by atoms with Crippen molar-refractivity contribution in [3.05, 3.63) is 22.0 Å². The molecule has 4 nitrogen and oxygen atoms in total. The molecule has 0 aliphatic heterocycles. The van der Waals surface area contributed by atoms with Crippen molar-refractivity contribution in [1.29, 1.82) is 0 Å². The molecule has 1 rings (SSSR count). The van der Waals surface area contributed by atoms with Crippen LogP contribution in [0.2, 0.25) is 0 Å². The lowest BCUT2D eigenvalue weighted by Gasteiger charge is -2.01. The van der Waals surface area contributed by atoms with E-state index >= 15 is 0 Å². The van der Waals surface area contributed by atoms with Crippen molar-refractivity contribution in [3.8, 4) is 0 Å². The molecule has 0 atom stereocenters. The number of hydrogen-bond donors (Lipinski definition) is 1. The molecule has 0 radical (unpaired) electrons. The molecule has 1 N–H and O–H groups in total. The zero-order valence-electron chi connectivity index (χ0n) is 6.28. The fourth-order valence-electron chi connectivity index (χ4n) is 0.650. The second-order valence-corrected chi connectivity index (χ2v) is 5.10. The summed E-state index contributed by atoms with van der Waals surface area (Å²) in [6, 6.07) is 3.39. The lowest BCUT2D eigenvalue weighted by atomic mass is 10.4. The number of halogens is 1. The molecule has 66 valence electrons. The highest BCUT2D eigenvalue weighted by molar-refractivity contribution is 14.1. The van der Waals surface area contributed by atoms with Gasteiger partial charge in [-0.25, -0.2) is 13.4 Å². The van der Waals surface area contributed by atoms with Gasteiger partial charge in [0, 0.05) is 0 Å². The highest BCUT2D eigenvalue weighted by atomic mass is 127. The topological polar surface area (TPSA) is 59.1 Å². The van der Waals surface area contributed by atoms with Gasteiger partial charge in [-0.15, -0.1) is 0 Å². The fourth-order valence-corrected chi connectivity index (χ4v) is 1.52. The molecule has 0 unspecified atom stereocenters. The van der Waals surface area contributed by atoms with E-state index in [1.54, 1.807) is 12.1 Å². The summed E-state index contributed by atoms with van der Waals surface area (Å²) in [6.07, 6.45) is 2.58. The van der Waals surface area contributed by atoms with E-state index in [1.165, 1.54) is 6.20 Å². The van der Waals surface area contributed by atoms with Crippen LogP contribution in [0.25, 0.3) is 0 Å². The third-order valence-corrected chi connectivity index (χ3v) is 2.28. The fraction of sp³-hybridized carbons (Fsp3) is 0.167. The molecule has 0 amide bonds. The zero-order valence-corrected chi connectivity index (χ0v) is 9.26. The number of anilines is 1. The number of rotatable bonds is 2. The van der Waals surface area contributed by atoms with E-state index in [2.05, 4.69) is 9.71 Å². The van der Waals surface area contributed by atoms with Crippen molar-refractivity contribution in [2.45, 2.75) is 0 Å². The molecular weight excluding hydrogens is 291 g/mol. The Morgan fingerprint density at radius 2 is 2.17 bits per heavy atom. The first-order chi connectivity index (χ1) is 5.47. The Morgan fingerprint density at radius 1 is 1.50 bits per heavy atom. The average molecular weight is 298 g/mol. The molecule has 0 saturated heterocycles. The van der Waals surface area contributed by atoms with Crippen LogP contribution >= 0.6 is 22.6 Å². The van der Waals surface area contributed by atoms with Crippen LogP contribution in [0, 0.1) is 3.70 Å². The van der Waals surface area contributed by atoms with Crippen LogP contribution in [-0.2, 0) is 10.0 Å². The van der Waals surface area contributed by atoms with Crippen molar-refractivity contribution in [2.24, 2.45) is 0 Å². The summed E-state index contributed by atoms with van der Waals surface area (Å²) in [5.41, 5.74) is 0.484. The predicted molar refractivity (Wildman–Crippen MR) is 55.4 cm³/mol. The Kier molecular flexibility index (Phi) is 2.89. The minimum Gasteiger partial charge on any atom is -0.282 e. The quantitative estimate of drug-likeness (QED) is 0.656. The Balaban J connectivity index is 2.85. The molecule has 0 aliphatic carbocycles. The molecule has 0 aliphatic rings. The first-order valence-electron chi connectivity index (χ1n) is 3.07. The molecule has 0 bridgehead atoms. The minimum absolute atomic E-state index is 0.484. The van der Waals surface area contributed by atoms with Gasteiger partial charge in [-0.1, -0.05) is 0 Å². The Morgan fingerprint density at radius 3 is 2.58 bits per heavy atom. The predicted octanol–water partition coefficient (Wildman–Crippen LogP) is 1.06. The second kappa shape index (κ2) is 3.56. The van der Waals surface area contributed by atoms with Gasteiger partial charge in [0.05, 0.1) is 18.1 Å². The number of sulfonamides is 1. The van der Waals surface area contributed by atoms with Gasteiger partial charge in [0.15, 0.2) is 0 Å². The van der Waals surface area contributed by atoms with Crippen LogP contribution in [0.3, 0.4) is 0 Å². The summed E-state index contributed by atoms with van der Waals surface area (Å²) in [4.78, 5) is 3.92. The van der Waals surface area contributed by atoms with Crippen LogP contribution in [0.1, 0.15) is 0 Å². The number of nitrogens with zero attached hydrogens (tertiary/aromatic N) is 1. The van der Waals surface area contributed by atoms with E-state index in [1.807, 2.05) is 22.6 Å². The van der Waals surface area contributed by atoms with E-state index in [4.69, 9.17) is 0 Å². The van der Waals surface area contributed by atoms with E-state index in [0.29, 0.717) is 5.69 Å². The molecule has 1 aromatic rings. The summed E-state index contributed by atoms with van der Waals surface area (Å²) < 4.78 is 24.6. The van der Waals surface area contributed by atoms with E-state index in [-0.39, 0.29) is 0 Å². The van der Waals surface area contributed by atoms with E-state index in [0.717, 1.165) is 9.96 Å². The van der Waals surface area contributed by atoms with Crippen LogP contribution < -0.4 is 4.72 Å². The van der Waals surface area contributed by atoms with Gasteiger partial charge in [0.25, 0.3) is 0 Å². The molecule has 1 aromatic heterocycles. The van der Waals surface area contributed by atoms with Crippen molar-refractivity contribution >= 4 is 38.3 Å². The molecule has 6 heteroatoms. The molecule has 0 spiro atoms. The standard InChI is InChI=1S/C6H7IN2O2S/c1-12(10,11)9-5-2-3-6(7)8-4-5/h2-4,9H,1H3. The summed E-state index contributed by atoms with van der Waals surface area (Å²) in [7, 11) is -3.18. The maximum absolute atomic E-state index is 10.7. The first-order valence-corrected chi connectivity index (χ1v) is 6.04. The minimum atomic E-state index is -3.18. The summed E-state index contributed by atoms with van der Waals surface area (Å²) in [6.45, 7) is 0. The third kappa shape index (κ3) is 3.35. The van der Waals surface area contributed by atoms with Gasteiger partial charge in [-0.2, -0.15) is 0 Å². The van der Waals surface area contributed by atoms with Gasteiger partial charge < -0.3 is 0 Å². The van der Waals surface area contributed by atoms with E-state index < -0.39 is 10.0 Å². The first kappa shape index (κ1) is 9.72. The van der Waals surface area contributed by atoms with Crippen molar-refractivity contribution in [1.82, 2.24) is 4.98 Å². The molecule has 1 heterocycles. The zero-order chi connectivity index (χ0) is 9.19. The number of aromatic nitrogens is 1. The lowest BCUT2D eigenvalue weighted by Crippen LogP contribution is -2.09. The lowest BCUT2D eigenvalue weighted by molar-refractivity contribution is 0.607. The summed E-state index contributed by atoms with van der Waals surface area (Å²) in [5.74, 6) is 0. The largest absolute Gasteiger partial charge is 0.282 e. The SMILES string of the molecule is CS(=O)(=O)Nc1ccc(I)nc1. The third-order valence-electron chi connectivity index (χ3n) is 1.03. The highest BCUT2D eigenvalue weighted by Crippen LogP contribution is 2.08. The Labute approximate surface area is 84.6 Å². The van der Waals surface area contributed by atoms with E-state index in [9.17, 15) is 8.42 Å². The number of nitrogens with one attached hydrogen (secondary N) is 1. The van der Waals surface area contributed by atoms with Crippen LogP contribution in [-0.4, -0.2) is 19.7 Å². The molecule has 12 heavy (non-hydrogen) atoms. The molecule has 0 fully saturated rings. The molecular formula is C6H7IN2O2S. The van der Waals surface area contributed by atoms with Crippen LogP contribution in [0.5, 0.6) is 0 Å². The van der Waals surface area contributed by atoms with Crippen LogP contribution in [0.4, 0.5) is 5.69 Å². The smallest absolute Gasteiger partial charge is 0.229 e. The normalized spacial score (nSPS) is 11.2. The summed E-state index contributed by atoms with van der Waals surface area (Å²) in [5, 5.41) is 0. The maximum atomic E-state index is 10.7. The highest BCUT2D eigenvalue weighted by Gasteiger charge is 2.00. The van der Waals surface area contributed by atoms with Gasteiger partial charge in [0.1, 0.15) is 3.70 Å². The van der Waals surface area contributed by atoms with Gasteiger partial charge in [0.2, 0.25) is 10.0 Å². The van der Waals surface area contributed by atoms with Gasteiger partial charge in [-0.3, -0.25) is 4.72 Å².